The van der Waals surface area contributed by atoms with Gasteiger partial charge in [-0.3, -0.25) is 0 Å². The molecule has 2 fully saturated rings. The van der Waals surface area contributed by atoms with Crippen LogP contribution in [0.5, 0.6) is 0 Å². The molecule has 0 saturated carbocycles. The molecule has 4 heterocycles. The second-order valence-electron chi connectivity index (χ2n) is 9.64. The molecule has 2 aromatic heterocycles. The van der Waals surface area contributed by atoms with Crippen LogP contribution in [0.3, 0.4) is 0 Å². The van der Waals surface area contributed by atoms with E-state index < -0.39 is 15.1 Å². The fourth-order valence-corrected chi connectivity index (χ4v) is 6.58. The number of hydrogen-bond donors (Lipinski definition) is 3. The van der Waals surface area contributed by atoms with Gasteiger partial charge in [-0.05, 0) is 49.2 Å². The maximum Gasteiger partial charge on any atom is 0.270 e. The van der Waals surface area contributed by atoms with Gasteiger partial charge in [0, 0.05) is 24.2 Å². The lowest BCUT2D eigenvalue weighted by atomic mass is 10.0. The summed E-state index contributed by atoms with van der Waals surface area (Å²) in [6.07, 6.45) is 3.04. The molecule has 11 nitrogen and oxygen atoms in total. The minimum atomic E-state index is -3.41. The third-order valence-corrected chi connectivity index (χ3v) is 9.29. The van der Waals surface area contributed by atoms with E-state index in [2.05, 4.69) is 30.8 Å². The first kappa shape index (κ1) is 25.6. The van der Waals surface area contributed by atoms with E-state index in [-0.39, 0.29) is 23.4 Å². The lowest BCUT2D eigenvalue weighted by Gasteiger charge is -2.24. The third-order valence-electron chi connectivity index (χ3n) is 7.08. The van der Waals surface area contributed by atoms with E-state index in [4.69, 9.17) is 14.9 Å². The maximum absolute atomic E-state index is 13.0. The number of ether oxygens (including phenoxy) is 1. The summed E-state index contributed by atoms with van der Waals surface area (Å²) in [7, 11) is -3.41. The van der Waals surface area contributed by atoms with E-state index in [1.54, 1.807) is 24.3 Å². The number of aromatic nitrogens is 4. The summed E-state index contributed by atoms with van der Waals surface area (Å²) in [6.45, 7) is 3.50. The van der Waals surface area contributed by atoms with Gasteiger partial charge in [0.25, 0.3) is 5.89 Å². The fourth-order valence-electron chi connectivity index (χ4n) is 4.86. The highest BCUT2D eigenvalue weighted by Gasteiger charge is 2.29. The Morgan fingerprint density at radius 3 is 2.44 bits per heavy atom. The van der Waals surface area contributed by atoms with Crippen LogP contribution in [0.1, 0.15) is 24.4 Å². The molecule has 202 valence electrons. The SMILES string of the molecule is Nc1ncc(-c2ccc(S(=O)(=O)C3CCCNC3)cc2)nc1-c1nnc(-c2ccc(C3COCCN3)cc2)o1. The van der Waals surface area contributed by atoms with Gasteiger partial charge in [0.05, 0.1) is 41.3 Å². The number of hydrogen-bond acceptors (Lipinski definition) is 11. The van der Waals surface area contributed by atoms with Gasteiger partial charge in [0.2, 0.25) is 5.89 Å². The second kappa shape index (κ2) is 10.8. The average Bonchev–Trinajstić information content (AvgIpc) is 3.49. The Labute approximate surface area is 226 Å². The zero-order chi connectivity index (χ0) is 26.8. The van der Waals surface area contributed by atoms with Crippen LogP contribution >= 0.6 is 0 Å². The molecule has 0 spiro atoms. The van der Waals surface area contributed by atoms with E-state index in [0.29, 0.717) is 41.6 Å². The highest BCUT2D eigenvalue weighted by Crippen LogP contribution is 2.30. The van der Waals surface area contributed by atoms with Crippen molar-refractivity contribution < 1.29 is 17.6 Å². The topological polar surface area (TPSA) is 158 Å². The Hall–Kier alpha value is -3.71. The van der Waals surface area contributed by atoms with Gasteiger partial charge >= 0.3 is 0 Å². The first-order valence-electron chi connectivity index (χ1n) is 12.9. The highest BCUT2D eigenvalue weighted by atomic mass is 32.2. The van der Waals surface area contributed by atoms with Gasteiger partial charge in [-0.1, -0.05) is 24.3 Å². The lowest BCUT2D eigenvalue weighted by molar-refractivity contribution is 0.0769. The Morgan fingerprint density at radius 2 is 1.72 bits per heavy atom. The summed E-state index contributed by atoms with van der Waals surface area (Å²) in [4.78, 5) is 9.17. The van der Waals surface area contributed by atoms with Crippen molar-refractivity contribution in [1.29, 1.82) is 0 Å². The van der Waals surface area contributed by atoms with Crippen LogP contribution in [0.4, 0.5) is 5.82 Å². The van der Waals surface area contributed by atoms with Crippen molar-refractivity contribution in [1.82, 2.24) is 30.8 Å². The largest absolute Gasteiger partial charge is 0.414 e. The summed E-state index contributed by atoms with van der Waals surface area (Å²) in [5.74, 6) is 0.631. The third kappa shape index (κ3) is 5.28. The normalized spacial score (nSPS) is 20.1. The highest BCUT2D eigenvalue weighted by molar-refractivity contribution is 7.92. The molecule has 4 N–H and O–H groups in total. The summed E-state index contributed by atoms with van der Waals surface area (Å²) >= 11 is 0. The van der Waals surface area contributed by atoms with E-state index in [1.807, 2.05) is 24.3 Å². The molecule has 2 saturated heterocycles. The summed E-state index contributed by atoms with van der Waals surface area (Å²) < 4.78 is 37.5. The van der Waals surface area contributed by atoms with Crippen LogP contribution in [-0.4, -0.2) is 66.7 Å². The molecule has 39 heavy (non-hydrogen) atoms. The molecule has 2 unspecified atom stereocenters. The average molecular weight is 548 g/mol. The molecule has 0 bridgehead atoms. The Bertz CT molecular complexity index is 1540. The van der Waals surface area contributed by atoms with Crippen molar-refractivity contribution >= 4 is 15.7 Å². The monoisotopic (exact) mass is 547 g/mol. The molecule has 12 heteroatoms. The van der Waals surface area contributed by atoms with Crippen molar-refractivity contribution in [2.24, 2.45) is 0 Å². The lowest BCUT2D eigenvalue weighted by Crippen LogP contribution is -2.38. The minimum Gasteiger partial charge on any atom is -0.414 e. The molecule has 0 radical (unpaired) electrons. The van der Waals surface area contributed by atoms with E-state index in [9.17, 15) is 8.42 Å². The minimum absolute atomic E-state index is 0.146. The number of morpholine rings is 1. The Kier molecular flexibility index (Phi) is 7.09. The van der Waals surface area contributed by atoms with Crippen molar-refractivity contribution in [2.75, 3.05) is 38.6 Å². The van der Waals surface area contributed by atoms with Crippen LogP contribution in [-0.2, 0) is 14.6 Å². The quantitative estimate of drug-likeness (QED) is 0.326. The summed E-state index contributed by atoms with van der Waals surface area (Å²) in [5.41, 5.74) is 9.46. The van der Waals surface area contributed by atoms with Crippen molar-refractivity contribution in [2.45, 2.75) is 29.0 Å². The number of sulfone groups is 1. The molecule has 2 atom stereocenters. The number of piperidine rings is 1. The van der Waals surface area contributed by atoms with E-state index in [1.165, 1.54) is 6.20 Å². The smallest absolute Gasteiger partial charge is 0.270 e. The van der Waals surface area contributed by atoms with Gasteiger partial charge in [0.15, 0.2) is 21.3 Å². The first-order chi connectivity index (χ1) is 19.0. The zero-order valence-corrected chi connectivity index (χ0v) is 22.0. The molecule has 0 amide bonds. The molecule has 2 aromatic carbocycles. The van der Waals surface area contributed by atoms with E-state index >= 15 is 0 Å². The molecular weight excluding hydrogens is 518 g/mol. The zero-order valence-electron chi connectivity index (χ0n) is 21.2. The molecule has 6 rings (SSSR count). The molecule has 2 aliphatic heterocycles. The van der Waals surface area contributed by atoms with Gasteiger partial charge in [-0.2, -0.15) is 0 Å². The number of nitrogens with two attached hydrogens (primary N) is 1. The number of nitrogen functional groups attached to an aromatic ring is 1. The molecule has 0 aliphatic carbocycles. The maximum atomic E-state index is 13.0. The number of nitrogens with zero attached hydrogens (tertiary/aromatic N) is 4. The van der Waals surface area contributed by atoms with Crippen molar-refractivity contribution in [3.63, 3.8) is 0 Å². The van der Waals surface area contributed by atoms with Gasteiger partial charge < -0.3 is 25.5 Å². The van der Waals surface area contributed by atoms with Crippen molar-refractivity contribution in [3.05, 3.63) is 60.3 Å². The molecule has 4 aromatic rings. The number of anilines is 1. The van der Waals surface area contributed by atoms with E-state index in [0.717, 1.165) is 37.2 Å². The fraction of sp³-hybridized carbons (Fsp3) is 0.333. The van der Waals surface area contributed by atoms with Crippen LogP contribution in [0, 0.1) is 0 Å². The molecular formula is C27H29N7O4S. The summed E-state index contributed by atoms with van der Waals surface area (Å²) in [6, 6.07) is 14.7. The second-order valence-corrected chi connectivity index (χ2v) is 11.9. The van der Waals surface area contributed by atoms with Gasteiger partial charge in [0.1, 0.15) is 0 Å². The molecule has 2 aliphatic rings. The number of benzene rings is 2. The summed E-state index contributed by atoms with van der Waals surface area (Å²) in [5, 5.41) is 14.5. The van der Waals surface area contributed by atoms with Crippen LogP contribution in [0.15, 0.2) is 64.0 Å². The standard InChI is InChI=1S/C27H29N7O4S/c28-25-24(27-34-33-26(38-27)19-5-3-18(4-6-19)23-16-37-13-12-30-23)32-22(15-31-25)17-7-9-20(10-8-17)39(35,36)21-2-1-11-29-14-21/h3-10,15,21,23,29-30H,1-2,11-14,16H2,(H2,28,31). The Morgan fingerprint density at radius 1 is 0.949 bits per heavy atom. The number of rotatable bonds is 6. The van der Waals surface area contributed by atoms with Crippen LogP contribution in [0.2, 0.25) is 0 Å². The van der Waals surface area contributed by atoms with Gasteiger partial charge in [-0.15, -0.1) is 10.2 Å². The number of nitrogens with one attached hydrogen (secondary N) is 2. The predicted octanol–water partition coefficient (Wildman–Crippen LogP) is 2.63. The predicted molar refractivity (Wildman–Crippen MR) is 145 cm³/mol. The Balaban J connectivity index is 1.22. The van der Waals surface area contributed by atoms with Gasteiger partial charge in [-0.25, -0.2) is 18.4 Å². The van der Waals surface area contributed by atoms with Crippen LogP contribution < -0.4 is 16.4 Å². The van der Waals surface area contributed by atoms with Crippen LogP contribution in [0.25, 0.3) is 34.3 Å². The van der Waals surface area contributed by atoms with Crippen molar-refractivity contribution in [3.8, 4) is 34.3 Å². The first-order valence-corrected chi connectivity index (χ1v) is 14.5.